The first-order valence-electron chi connectivity index (χ1n) is 4.35. The largest absolute Gasteiger partial charge is 0.478 e. The monoisotopic (exact) mass is 207 g/mol. The number of fused-ring (bicyclic) bond motifs is 1. The van der Waals surface area contributed by atoms with Crippen LogP contribution in [0.25, 0.3) is 0 Å². The van der Waals surface area contributed by atoms with E-state index in [0.29, 0.717) is 5.69 Å². The van der Waals surface area contributed by atoms with Gasteiger partial charge in [0, 0.05) is 11.3 Å². The van der Waals surface area contributed by atoms with Crippen LogP contribution < -0.4 is 5.32 Å². The number of carbonyl (C=O) groups excluding carboxylic acids is 1. The Morgan fingerprint density at radius 2 is 2.13 bits per heavy atom. The standard InChI is InChI=1S/C10H9NO4/c1-10(15)7-5(8(12)13)3-2-4-6(7)11-9(10)14/h2-4,15H,1H3,(H,11,14)(H,12,13). The van der Waals surface area contributed by atoms with Crippen molar-refractivity contribution in [1.29, 1.82) is 0 Å². The van der Waals surface area contributed by atoms with Crippen molar-refractivity contribution in [1.82, 2.24) is 0 Å². The number of benzene rings is 1. The molecule has 1 heterocycles. The van der Waals surface area contributed by atoms with E-state index in [0.717, 1.165) is 0 Å². The van der Waals surface area contributed by atoms with Gasteiger partial charge < -0.3 is 15.5 Å². The van der Waals surface area contributed by atoms with Gasteiger partial charge in [-0.05, 0) is 19.1 Å². The Balaban J connectivity index is 2.72. The molecule has 0 aliphatic carbocycles. The van der Waals surface area contributed by atoms with Gasteiger partial charge in [0.1, 0.15) is 0 Å². The van der Waals surface area contributed by atoms with E-state index >= 15 is 0 Å². The normalized spacial score (nSPS) is 23.5. The predicted molar refractivity (Wildman–Crippen MR) is 51.6 cm³/mol. The molecule has 0 bridgehead atoms. The number of rotatable bonds is 1. The lowest BCUT2D eigenvalue weighted by atomic mass is 9.93. The second kappa shape index (κ2) is 2.80. The minimum absolute atomic E-state index is 0.0594. The number of aromatic carboxylic acids is 1. The van der Waals surface area contributed by atoms with Gasteiger partial charge in [-0.2, -0.15) is 0 Å². The van der Waals surface area contributed by atoms with Crippen LogP contribution in [-0.2, 0) is 10.4 Å². The molecule has 1 atom stereocenters. The summed E-state index contributed by atoms with van der Waals surface area (Å²) in [7, 11) is 0. The molecule has 1 aromatic rings. The molecule has 0 radical (unpaired) electrons. The number of carbonyl (C=O) groups is 2. The summed E-state index contributed by atoms with van der Waals surface area (Å²) in [5, 5.41) is 21.2. The smallest absolute Gasteiger partial charge is 0.336 e. The molecule has 1 unspecified atom stereocenters. The Morgan fingerprint density at radius 1 is 1.47 bits per heavy atom. The summed E-state index contributed by atoms with van der Waals surface area (Å²) < 4.78 is 0. The van der Waals surface area contributed by atoms with Crippen molar-refractivity contribution in [3.63, 3.8) is 0 Å². The molecule has 0 aromatic heterocycles. The first-order valence-corrected chi connectivity index (χ1v) is 4.35. The van der Waals surface area contributed by atoms with Crippen molar-refractivity contribution in [3.8, 4) is 0 Å². The zero-order valence-corrected chi connectivity index (χ0v) is 7.94. The Kier molecular flexibility index (Phi) is 1.81. The SMILES string of the molecule is CC1(O)C(=O)Nc2cccc(C(=O)O)c21. The van der Waals surface area contributed by atoms with Crippen molar-refractivity contribution in [2.45, 2.75) is 12.5 Å². The molecule has 78 valence electrons. The topological polar surface area (TPSA) is 86.6 Å². The average molecular weight is 207 g/mol. The molecule has 0 saturated carbocycles. The van der Waals surface area contributed by atoms with Crippen LogP contribution >= 0.6 is 0 Å². The van der Waals surface area contributed by atoms with Crippen LogP contribution in [0.1, 0.15) is 22.8 Å². The second-order valence-electron chi connectivity index (χ2n) is 3.56. The molecule has 0 spiro atoms. The zero-order chi connectivity index (χ0) is 11.2. The molecule has 1 aliphatic rings. The van der Waals surface area contributed by atoms with Crippen molar-refractivity contribution in [3.05, 3.63) is 29.3 Å². The Labute approximate surface area is 85.3 Å². The van der Waals surface area contributed by atoms with Crippen LogP contribution in [0.5, 0.6) is 0 Å². The van der Waals surface area contributed by atoms with E-state index in [1.807, 2.05) is 0 Å². The molecular formula is C10H9NO4. The van der Waals surface area contributed by atoms with Gasteiger partial charge in [-0.25, -0.2) is 4.79 Å². The molecule has 1 aromatic carbocycles. The van der Waals surface area contributed by atoms with Gasteiger partial charge in [0.2, 0.25) is 0 Å². The van der Waals surface area contributed by atoms with Crippen LogP contribution in [-0.4, -0.2) is 22.1 Å². The highest BCUT2D eigenvalue weighted by atomic mass is 16.4. The van der Waals surface area contributed by atoms with Gasteiger partial charge in [-0.1, -0.05) is 6.07 Å². The highest BCUT2D eigenvalue weighted by Crippen LogP contribution is 2.37. The summed E-state index contributed by atoms with van der Waals surface area (Å²) in [6.07, 6.45) is 0. The van der Waals surface area contributed by atoms with Crippen LogP contribution in [0.4, 0.5) is 5.69 Å². The molecule has 1 amide bonds. The van der Waals surface area contributed by atoms with E-state index in [2.05, 4.69) is 5.32 Å². The fraction of sp³-hybridized carbons (Fsp3) is 0.200. The quantitative estimate of drug-likeness (QED) is 0.627. The van der Waals surface area contributed by atoms with E-state index in [1.165, 1.54) is 19.1 Å². The summed E-state index contributed by atoms with van der Waals surface area (Å²) in [6, 6.07) is 4.43. The third-order valence-corrected chi connectivity index (χ3v) is 2.47. The summed E-state index contributed by atoms with van der Waals surface area (Å²) in [4.78, 5) is 22.3. The molecule has 0 saturated heterocycles. The fourth-order valence-electron chi connectivity index (χ4n) is 1.72. The third-order valence-electron chi connectivity index (χ3n) is 2.47. The molecule has 5 heteroatoms. The van der Waals surface area contributed by atoms with E-state index < -0.39 is 17.5 Å². The number of hydrogen-bond acceptors (Lipinski definition) is 3. The minimum atomic E-state index is -1.77. The van der Waals surface area contributed by atoms with Crippen LogP contribution in [0.3, 0.4) is 0 Å². The maximum atomic E-state index is 11.4. The highest BCUT2D eigenvalue weighted by molar-refractivity contribution is 6.08. The second-order valence-corrected chi connectivity index (χ2v) is 3.56. The minimum Gasteiger partial charge on any atom is -0.478 e. The van der Waals surface area contributed by atoms with E-state index in [4.69, 9.17) is 5.11 Å². The molecule has 15 heavy (non-hydrogen) atoms. The predicted octanol–water partition coefficient (Wildman–Crippen LogP) is 0.544. The lowest BCUT2D eigenvalue weighted by Crippen LogP contribution is -2.31. The Morgan fingerprint density at radius 3 is 2.73 bits per heavy atom. The highest BCUT2D eigenvalue weighted by Gasteiger charge is 2.43. The Bertz CT molecular complexity index is 464. The van der Waals surface area contributed by atoms with Crippen molar-refractivity contribution in [2.75, 3.05) is 5.32 Å². The number of carboxylic acid groups (broad SMARTS) is 1. The number of aliphatic hydroxyl groups is 1. The Hall–Kier alpha value is -1.88. The van der Waals surface area contributed by atoms with E-state index in [1.54, 1.807) is 6.07 Å². The first kappa shape index (κ1) is 9.67. The summed E-state index contributed by atoms with van der Waals surface area (Å²) in [5.41, 5.74) is -1.35. The average Bonchev–Trinajstić information content (AvgIpc) is 2.38. The lowest BCUT2D eigenvalue weighted by Gasteiger charge is -2.15. The van der Waals surface area contributed by atoms with Gasteiger partial charge in [0.25, 0.3) is 5.91 Å². The molecule has 3 N–H and O–H groups in total. The van der Waals surface area contributed by atoms with Gasteiger partial charge in [0.05, 0.1) is 5.56 Å². The molecule has 0 fully saturated rings. The van der Waals surface area contributed by atoms with E-state index in [-0.39, 0.29) is 11.1 Å². The number of amides is 1. The summed E-state index contributed by atoms with van der Waals surface area (Å²) >= 11 is 0. The maximum absolute atomic E-state index is 11.4. The number of anilines is 1. The summed E-state index contributed by atoms with van der Waals surface area (Å²) in [6.45, 7) is 1.28. The molecule has 2 rings (SSSR count). The van der Waals surface area contributed by atoms with Crippen LogP contribution in [0.15, 0.2) is 18.2 Å². The van der Waals surface area contributed by atoms with Crippen molar-refractivity contribution in [2.24, 2.45) is 0 Å². The van der Waals surface area contributed by atoms with Gasteiger partial charge in [-0.15, -0.1) is 0 Å². The third kappa shape index (κ3) is 1.20. The summed E-state index contributed by atoms with van der Waals surface area (Å²) in [5.74, 6) is -1.77. The van der Waals surface area contributed by atoms with Crippen molar-refractivity contribution >= 4 is 17.6 Å². The van der Waals surface area contributed by atoms with Crippen LogP contribution in [0.2, 0.25) is 0 Å². The number of hydrogen-bond donors (Lipinski definition) is 3. The maximum Gasteiger partial charge on any atom is 0.336 e. The van der Waals surface area contributed by atoms with Crippen LogP contribution in [0, 0.1) is 0 Å². The lowest BCUT2D eigenvalue weighted by molar-refractivity contribution is -0.131. The fourth-order valence-corrected chi connectivity index (χ4v) is 1.72. The zero-order valence-electron chi connectivity index (χ0n) is 7.94. The first-order chi connectivity index (χ1) is 6.94. The van der Waals surface area contributed by atoms with Gasteiger partial charge in [-0.3, -0.25) is 4.79 Å². The number of carboxylic acids is 1. The van der Waals surface area contributed by atoms with E-state index in [9.17, 15) is 14.7 Å². The molecule has 5 nitrogen and oxygen atoms in total. The van der Waals surface area contributed by atoms with Crippen molar-refractivity contribution < 1.29 is 19.8 Å². The molecule has 1 aliphatic heterocycles. The number of nitrogens with one attached hydrogen (secondary N) is 1. The molecular weight excluding hydrogens is 198 g/mol. The van der Waals surface area contributed by atoms with Gasteiger partial charge >= 0.3 is 5.97 Å². The van der Waals surface area contributed by atoms with Gasteiger partial charge in [0.15, 0.2) is 5.60 Å².